The molecular weight excluding hydrogens is 435 g/mol. The van der Waals surface area contributed by atoms with Crippen molar-refractivity contribution in [2.75, 3.05) is 0 Å². The zero-order chi connectivity index (χ0) is 21.1. The van der Waals surface area contributed by atoms with Crippen LogP contribution in [0.1, 0.15) is 35.9 Å². The summed E-state index contributed by atoms with van der Waals surface area (Å²) in [6.45, 7) is 3.60. The molecule has 3 rings (SSSR count). The van der Waals surface area contributed by atoms with Crippen LogP contribution >= 0.6 is 34.8 Å². The van der Waals surface area contributed by atoms with Crippen molar-refractivity contribution in [3.63, 3.8) is 0 Å². The second-order valence-electron chi connectivity index (χ2n) is 6.33. The molecule has 1 aromatic heterocycles. The third kappa shape index (κ3) is 4.61. The van der Waals surface area contributed by atoms with Crippen molar-refractivity contribution in [1.29, 1.82) is 0 Å². The second kappa shape index (κ2) is 8.95. The Morgan fingerprint density at radius 1 is 1.07 bits per heavy atom. The van der Waals surface area contributed by atoms with Crippen LogP contribution < -0.4 is 10.00 Å². The van der Waals surface area contributed by atoms with E-state index >= 15 is 0 Å². The highest BCUT2D eigenvalue weighted by Gasteiger charge is 2.32. The summed E-state index contributed by atoms with van der Waals surface area (Å²) in [7, 11) is 0. The van der Waals surface area contributed by atoms with Crippen molar-refractivity contribution < 1.29 is 14.3 Å². The van der Waals surface area contributed by atoms with Gasteiger partial charge in [-0.2, -0.15) is 0 Å². The van der Waals surface area contributed by atoms with Crippen LogP contribution in [-0.2, 0) is 4.79 Å². The Hall–Kier alpha value is -2.41. The molecule has 0 aliphatic heterocycles. The molecule has 29 heavy (non-hydrogen) atoms. The van der Waals surface area contributed by atoms with Gasteiger partial charge in [0.15, 0.2) is 11.4 Å². The van der Waals surface area contributed by atoms with E-state index in [4.69, 9.17) is 34.8 Å². The molecule has 0 atom stereocenters. The van der Waals surface area contributed by atoms with Gasteiger partial charge in [0.2, 0.25) is 5.91 Å². The smallest absolute Gasteiger partial charge is 0.289 e. The highest BCUT2D eigenvalue weighted by Crippen LogP contribution is 2.24. The third-order valence-electron chi connectivity index (χ3n) is 4.19. The summed E-state index contributed by atoms with van der Waals surface area (Å²) in [5, 5.41) is 8.22. The fraction of sp³-hybridized carbons (Fsp3) is 0.200. The predicted octanol–water partition coefficient (Wildman–Crippen LogP) is 4.47. The molecule has 2 aromatic carbocycles. The van der Waals surface area contributed by atoms with E-state index < -0.39 is 5.91 Å². The van der Waals surface area contributed by atoms with E-state index in [2.05, 4.69) is 10.4 Å². The molecule has 0 radical (unpaired) electrons. The Bertz CT molecular complexity index is 1080. The molecule has 1 heterocycles. The summed E-state index contributed by atoms with van der Waals surface area (Å²) < 4.78 is 1.71. The molecule has 150 valence electrons. The van der Waals surface area contributed by atoms with Gasteiger partial charge < -0.3 is 0 Å². The average molecular weight is 453 g/mol. The molecule has 0 aliphatic rings. The molecule has 1 N–H and O–H groups in total. The summed E-state index contributed by atoms with van der Waals surface area (Å²) >= 11 is 18.4. The number of nitrogens with one attached hydrogen (secondary N) is 1. The largest absolute Gasteiger partial charge is 0.310 e. The van der Waals surface area contributed by atoms with Gasteiger partial charge in [0, 0.05) is 23.4 Å². The number of hydrogen-bond acceptors (Lipinski definition) is 3. The minimum absolute atomic E-state index is 0.107. The topological polar surface area (TPSA) is 67.9 Å². The molecule has 0 aliphatic carbocycles. The van der Waals surface area contributed by atoms with Crippen molar-refractivity contribution in [3.05, 3.63) is 68.9 Å². The predicted molar refractivity (Wildman–Crippen MR) is 112 cm³/mol. The molecule has 0 unspecified atom stereocenters. The summed E-state index contributed by atoms with van der Waals surface area (Å²) in [4.78, 5) is 26.0. The van der Waals surface area contributed by atoms with E-state index in [1.807, 2.05) is 6.92 Å². The Kier molecular flexibility index (Phi) is 6.57. The Morgan fingerprint density at radius 2 is 1.72 bits per heavy atom. The molecule has 2 amide bonds. The lowest BCUT2D eigenvalue weighted by Gasteiger charge is -2.05. The molecule has 0 fully saturated rings. The lowest BCUT2D eigenvalue weighted by molar-refractivity contribution is -0.685. The first kappa shape index (κ1) is 21.3. The van der Waals surface area contributed by atoms with Crippen LogP contribution in [0.2, 0.25) is 15.1 Å². The quantitative estimate of drug-likeness (QED) is 0.581. The summed E-state index contributed by atoms with van der Waals surface area (Å²) in [6.07, 6.45) is 0.892. The summed E-state index contributed by atoms with van der Waals surface area (Å²) in [5.74, 6) is -0.929. The maximum atomic E-state index is 12.7. The first-order chi connectivity index (χ1) is 13.8. The molecule has 6 nitrogen and oxygen atoms in total. The number of amides is 2. The molecule has 3 aromatic rings. The van der Waals surface area contributed by atoms with Gasteiger partial charge in [-0.25, -0.2) is 0 Å². The van der Waals surface area contributed by atoms with Crippen molar-refractivity contribution in [2.24, 2.45) is 0 Å². The van der Waals surface area contributed by atoms with Gasteiger partial charge >= 0.3 is 11.6 Å². The Labute approximate surface area is 183 Å². The van der Waals surface area contributed by atoms with Crippen LogP contribution in [0.15, 0.2) is 42.5 Å². The number of halogens is 3. The fourth-order valence-electron chi connectivity index (χ4n) is 2.83. The molecule has 0 bridgehead atoms. The van der Waals surface area contributed by atoms with Crippen LogP contribution in [0.25, 0.3) is 11.4 Å². The lowest BCUT2D eigenvalue weighted by atomic mass is 10.2. The number of imide groups is 1. The maximum Gasteiger partial charge on any atom is 0.310 e. The van der Waals surface area contributed by atoms with Crippen LogP contribution in [-0.4, -0.2) is 21.7 Å². The number of hydrogen-bond donors (Lipinski definition) is 1. The van der Waals surface area contributed by atoms with E-state index in [0.717, 1.165) is 0 Å². The van der Waals surface area contributed by atoms with Crippen molar-refractivity contribution in [2.45, 2.75) is 26.7 Å². The standard InChI is InChI=1S/C20H17Cl3N4O2/c1-3-4-18(28)24-20(29)19-12(2)26(15-8-5-13(21)6-9-15)27(25-19)17-10-7-14(22)11-16(17)23/h5-11H,3-4H2,1-2H3/p+1. The average Bonchev–Trinajstić information content (AvgIpc) is 3.00. The first-order valence-electron chi connectivity index (χ1n) is 8.89. The first-order valence-corrected chi connectivity index (χ1v) is 10.0. The Balaban J connectivity index is 2.16. The van der Waals surface area contributed by atoms with Crippen LogP contribution in [0, 0.1) is 6.92 Å². The highest BCUT2D eigenvalue weighted by molar-refractivity contribution is 6.35. The minimum atomic E-state index is -0.576. The maximum absolute atomic E-state index is 12.7. The number of carbonyl (C=O) groups is 2. The van der Waals surface area contributed by atoms with Gasteiger partial charge in [-0.1, -0.05) is 41.7 Å². The van der Waals surface area contributed by atoms with E-state index in [1.165, 1.54) is 4.80 Å². The molecular formula is C20H18Cl3N4O2+. The van der Waals surface area contributed by atoms with Gasteiger partial charge in [-0.15, -0.1) is 4.68 Å². The van der Waals surface area contributed by atoms with Gasteiger partial charge in [-0.05, 0) is 53.7 Å². The number of nitrogens with zero attached hydrogens (tertiary/aromatic N) is 3. The lowest BCUT2D eigenvalue weighted by Crippen LogP contribution is -2.43. The summed E-state index contributed by atoms with van der Waals surface area (Å²) in [6, 6.07) is 12.0. The van der Waals surface area contributed by atoms with Gasteiger partial charge in [0.1, 0.15) is 5.69 Å². The van der Waals surface area contributed by atoms with E-state index in [1.54, 1.807) is 54.1 Å². The van der Waals surface area contributed by atoms with Crippen molar-refractivity contribution >= 4 is 46.6 Å². The zero-order valence-corrected chi connectivity index (χ0v) is 18.0. The van der Waals surface area contributed by atoms with Gasteiger partial charge in [0.05, 0.1) is 10.1 Å². The normalized spacial score (nSPS) is 10.8. The van der Waals surface area contributed by atoms with Crippen LogP contribution in [0.5, 0.6) is 0 Å². The second-order valence-corrected chi connectivity index (χ2v) is 7.61. The van der Waals surface area contributed by atoms with Gasteiger partial charge in [0.25, 0.3) is 0 Å². The highest BCUT2D eigenvalue weighted by atomic mass is 35.5. The van der Waals surface area contributed by atoms with Gasteiger partial charge in [-0.3, -0.25) is 14.9 Å². The van der Waals surface area contributed by atoms with Crippen molar-refractivity contribution in [3.8, 4) is 11.4 Å². The van der Waals surface area contributed by atoms with E-state index in [-0.39, 0.29) is 18.0 Å². The monoisotopic (exact) mass is 451 g/mol. The van der Waals surface area contributed by atoms with Crippen molar-refractivity contribution in [1.82, 2.24) is 15.2 Å². The molecule has 0 spiro atoms. The molecule has 0 saturated carbocycles. The number of aromatic nitrogens is 3. The SMILES string of the molecule is CCCC(=O)NC(=O)c1nn(-c2ccc(Cl)cc2Cl)[n+](-c2ccc(Cl)cc2)c1C. The van der Waals surface area contributed by atoms with E-state index in [0.29, 0.717) is 38.6 Å². The summed E-state index contributed by atoms with van der Waals surface area (Å²) in [5.41, 5.74) is 1.87. The van der Waals surface area contributed by atoms with Crippen LogP contribution in [0.4, 0.5) is 0 Å². The van der Waals surface area contributed by atoms with Crippen LogP contribution in [0.3, 0.4) is 0 Å². The number of carbonyl (C=O) groups excluding carboxylic acids is 2. The third-order valence-corrected chi connectivity index (χ3v) is 4.98. The number of benzene rings is 2. The van der Waals surface area contributed by atoms with E-state index in [9.17, 15) is 9.59 Å². The number of rotatable bonds is 5. The Morgan fingerprint density at radius 3 is 2.34 bits per heavy atom. The fourth-order valence-corrected chi connectivity index (χ4v) is 3.44. The minimum Gasteiger partial charge on any atom is -0.289 e. The zero-order valence-electron chi connectivity index (χ0n) is 15.7. The molecule has 0 saturated heterocycles. The molecule has 9 heteroatoms.